The maximum atomic E-state index is 13.3. The molecular formula is C42H54N4O5. The van der Waals surface area contributed by atoms with Crippen LogP contribution in [0.2, 0.25) is 0 Å². The number of hydrogen-bond donors (Lipinski definition) is 3. The van der Waals surface area contributed by atoms with Crippen LogP contribution >= 0.6 is 0 Å². The molecule has 0 aliphatic carbocycles. The number of carboxylic acid groups (broad SMARTS) is 1. The lowest BCUT2D eigenvalue weighted by molar-refractivity contribution is -0.140. The van der Waals surface area contributed by atoms with Crippen molar-refractivity contribution in [3.63, 3.8) is 0 Å². The van der Waals surface area contributed by atoms with Gasteiger partial charge in [-0.3, -0.25) is 14.9 Å². The third kappa shape index (κ3) is 12.6. The minimum atomic E-state index is -0.925. The SMILES string of the molecule is CCCCCCCOc1ccc(-c2cnc(-c3ccc(C[C@@H](COCN[C@H](CC)C(=O)O)NC(=O)c4ccc(C(C)(C)C)cc4)cc3)nc2)cc1. The molecule has 1 amide bonds. The first kappa shape index (κ1) is 39.2. The van der Waals surface area contributed by atoms with E-state index in [0.29, 0.717) is 24.2 Å². The smallest absolute Gasteiger partial charge is 0.320 e. The third-order valence-corrected chi connectivity index (χ3v) is 8.86. The fraction of sp³-hybridized carbons (Fsp3) is 0.429. The molecule has 1 heterocycles. The van der Waals surface area contributed by atoms with E-state index >= 15 is 0 Å². The summed E-state index contributed by atoms with van der Waals surface area (Å²) >= 11 is 0. The second-order valence-electron chi connectivity index (χ2n) is 14.0. The van der Waals surface area contributed by atoms with Crippen LogP contribution in [0.1, 0.15) is 94.6 Å². The van der Waals surface area contributed by atoms with E-state index in [9.17, 15) is 14.7 Å². The lowest BCUT2D eigenvalue weighted by Crippen LogP contribution is -2.42. The Morgan fingerprint density at radius 1 is 0.804 bits per heavy atom. The van der Waals surface area contributed by atoms with Gasteiger partial charge in [0.2, 0.25) is 0 Å². The summed E-state index contributed by atoms with van der Waals surface area (Å²) in [5.41, 5.74) is 5.53. The van der Waals surface area contributed by atoms with Crippen molar-refractivity contribution in [1.29, 1.82) is 0 Å². The van der Waals surface area contributed by atoms with Crippen LogP contribution in [-0.2, 0) is 21.4 Å². The maximum absolute atomic E-state index is 13.3. The van der Waals surface area contributed by atoms with E-state index in [0.717, 1.165) is 46.6 Å². The molecule has 0 saturated heterocycles. The van der Waals surface area contributed by atoms with Gasteiger partial charge in [-0.1, -0.05) is 109 Å². The van der Waals surface area contributed by atoms with E-state index in [-0.39, 0.29) is 30.7 Å². The number of carbonyl (C=O) groups is 2. The number of nitrogens with zero attached hydrogens (tertiary/aromatic N) is 2. The van der Waals surface area contributed by atoms with Gasteiger partial charge >= 0.3 is 5.97 Å². The summed E-state index contributed by atoms with van der Waals surface area (Å²) in [6.45, 7) is 11.4. The zero-order valence-corrected chi connectivity index (χ0v) is 30.8. The molecule has 0 unspecified atom stereocenters. The molecule has 0 spiro atoms. The summed E-state index contributed by atoms with van der Waals surface area (Å²) in [5, 5.41) is 15.3. The predicted octanol–water partition coefficient (Wildman–Crippen LogP) is 8.23. The highest BCUT2D eigenvalue weighted by atomic mass is 16.5. The van der Waals surface area contributed by atoms with Crippen LogP contribution in [0.4, 0.5) is 0 Å². The van der Waals surface area contributed by atoms with Crippen molar-refractivity contribution < 1.29 is 24.2 Å². The Labute approximate surface area is 303 Å². The Morgan fingerprint density at radius 3 is 2.06 bits per heavy atom. The molecule has 3 N–H and O–H groups in total. The van der Waals surface area contributed by atoms with Crippen molar-refractivity contribution >= 4 is 11.9 Å². The minimum absolute atomic E-state index is 0.0152. The van der Waals surface area contributed by atoms with Gasteiger partial charge < -0.3 is 19.9 Å². The molecule has 0 radical (unpaired) electrons. The molecule has 0 aliphatic heterocycles. The topological polar surface area (TPSA) is 123 Å². The Morgan fingerprint density at radius 2 is 1.45 bits per heavy atom. The van der Waals surface area contributed by atoms with Crippen LogP contribution in [0, 0.1) is 0 Å². The molecule has 2 atom stereocenters. The predicted molar refractivity (Wildman–Crippen MR) is 203 cm³/mol. The van der Waals surface area contributed by atoms with E-state index < -0.39 is 12.0 Å². The lowest BCUT2D eigenvalue weighted by Gasteiger charge is -2.21. The number of amides is 1. The number of benzene rings is 3. The highest BCUT2D eigenvalue weighted by Gasteiger charge is 2.19. The minimum Gasteiger partial charge on any atom is -0.494 e. The number of ether oxygens (including phenoxy) is 2. The van der Waals surface area contributed by atoms with Gasteiger partial charge in [0.25, 0.3) is 5.91 Å². The van der Waals surface area contributed by atoms with Gasteiger partial charge in [-0.15, -0.1) is 0 Å². The molecule has 0 fully saturated rings. The van der Waals surface area contributed by atoms with E-state index in [1.54, 1.807) is 6.92 Å². The van der Waals surface area contributed by atoms with Crippen molar-refractivity contribution in [2.75, 3.05) is 19.9 Å². The number of carbonyl (C=O) groups excluding carboxylic acids is 1. The van der Waals surface area contributed by atoms with E-state index in [4.69, 9.17) is 9.47 Å². The van der Waals surface area contributed by atoms with Crippen LogP contribution < -0.4 is 15.4 Å². The third-order valence-electron chi connectivity index (χ3n) is 8.86. The fourth-order valence-electron chi connectivity index (χ4n) is 5.65. The molecule has 4 rings (SSSR count). The van der Waals surface area contributed by atoms with Gasteiger partial charge in [0, 0.05) is 29.1 Å². The summed E-state index contributed by atoms with van der Waals surface area (Å²) in [6.07, 6.45) is 10.7. The van der Waals surface area contributed by atoms with Gasteiger partial charge in [0.05, 0.1) is 26.0 Å². The highest BCUT2D eigenvalue weighted by Crippen LogP contribution is 2.24. The first-order chi connectivity index (χ1) is 24.6. The molecule has 51 heavy (non-hydrogen) atoms. The van der Waals surface area contributed by atoms with E-state index in [1.165, 1.54) is 25.7 Å². The number of aromatic nitrogens is 2. The average molecular weight is 695 g/mol. The lowest BCUT2D eigenvalue weighted by atomic mass is 9.86. The van der Waals surface area contributed by atoms with Crippen LogP contribution in [0.15, 0.2) is 85.2 Å². The zero-order valence-electron chi connectivity index (χ0n) is 30.8. The van der Waals surface area contributed by atoms with Crippen molar-refractivity contribution in [3.8, 4) is 28.3 Å². The zero-order chi connectivity index (χ0) is 36.6. The molecule has 0 aliphatic rings. The number of nitrogens with one attached hydrogen (secondary N) is 2. The summed E-state index contributed by atoms with van der Waals surface area (Å²) in [7, 11) is 0. The Kier molecular flexibility index (Phi) is 15.1. The van der Waals surface area contributed by atoms with Crippen LogP contribution in [0.5, 0.6) is 5.75 Å². The van der Waals surface area contributed by atoms with E-state index in [1.807, 2.05) is 85.2 Å². The first-order valence-electron chi connectivity index (χ1n) is 18.2. The average Bonchev–Trinajstić information content (AvgIpc) is 3.13. The fourth-order valence-corrected chi connectivity index (χ4v) is 5.65. The van der Waals surface area contributed by atoms with Crippen molar-refractivity contribution in [1.82, 2.24) is 20.6 Å². The molecule has 9 nitrogen and oxygen atoms in total. The van der Waals surface area contributed by atoms with Crippen LogP contribution in [0.3, 0.4) is 0 Å². The number of aliphatic carboxylic acids is 1. The molecule has 4 aromatic rings. The Balaban J connectivity index is 1.37. The van der Waals surface area contributed by atoms with Gasteiger partial charge in [-0.2, -0.15) is 0 Å². The molecule has 0 bridgehead atoms. The molecule has 0 saturated carbocycles. The molecule has 9 heteroatoms. The molecular weight excluding hydrogens is 640 g/mol. The second kappa shape index (κ2) is 19.7. The van der Waals surface area contributed by atoms with Crippen LogP contribution in [-0.4, -0.2) is 59.0 Å². The largest absolute Gasteiger partial charge is 0.494 e. The van der Waals surface area contributed by atoms with Crippen molar-refractivity contribution in [3.05, 3.63) is 102 Å². The number of unbranched alkanes of at least 4 members (excludes halogenated alkanes) is 4. The number of rotatable bonds is 20. The molecule has 272 valence electrons. The Bertz CT molecular complexity index is 1630. The number of hydrogen-bond acceptors (Lipinski definition) is 7. The summed E-state index contributed by atoms with van der Waals surface area (Å²) in [6, 6.07) is 22.6. The quantitative estimate of drug-likeness (QED) is 0.0625. The van der Waals surface area contributed by atoms with Crippen LogP contribution in [0.25, 0.3) is 22.5 Å². The van der Waals surface area contributed by atoms with E-state index in [2.05, 4.69) is 48.3 Å². The van der Waals surface area contributed by atoms with Crippen molar-refractivity contribution in [2.45, 2.75) is 97.1 Å². The van der Waals surface area contributed by atoms with Gasteiger partial charge in [-0.25, -0.2) is 9.97 Å². The Hall–Kier alpha value is -4.60. The molecule has 3 aromatic carbocycles. The normalized spacial score (nSPS) is 12.6. The van der Waals surface area contributed by atoms with Crippen molar-refractivity contribution in [2.24, 2.45) is 0 Å². The standard InChI is InChI=1S/C42H54N4O5/c1-6-8-9-10-11-24-51-37-22-18-31(19-23-37)34-26-43-39(44-27-34)32-14-12-30(13-15-32)25-36(28-50-29-45-38(7-2)41(48)49)46-40(47)33-16-20-35(21-17-33)42(3,4)5/h12-23,26-27,36,38,45H,6-11,24-25,28-29H2,1-5H3,(H,46,47)(H,48,49)/t36-,38+/m0/s1. The monoisotopic (exact) mass is 694 g/mol. The first-order valence-corrected chi connectivity index (χ1v) is 18.2. The highest BCUT2D eigenvalue weighted by molar-refractivity contribution is 5.94. The summed E-state index contributed by atoms with van der Waals surface area (Å²) in [5.74, 6) is 0.371. The molecule has 1 aromatic heterocycles. The number of carboxylic acids is 1. The van der Waals surface area contributed by atoms with Gasteiger partial charge in [-0.05, 0) is 65.6 Å². The van der Waals surface area contributed by atoms with Gasteiger partial charge in [0.1, 0.15) is 11.8 Å². The summed E-state index contributed by atoms with van der Waals surface area (Å²) in [4.78, 5) is 33.9. The maximum Gasteiger partial charge on any atom is 0.320 e. The second-order valence-corrected chi connectivity index (χ2v) is 14.0. The summed E-state index contributed by atoms with van der Waals surface area (Å²) < 4.78 is 11.7. The van der Waals surface area contributed by atoms with Gasteiger partial charge in [0.15, 0.2) is 5.82 Å².